The summed E-state index contributed by atoms with van der Waals surface area (Å²) < 4.78 is 0. The number of rotatable bonds is 4. The van der Waals surface area contributed by atoms with E-state index in [9.17, 15) is 4.79 Å². The quantitative estimate of drug-likeness (QED) is 0.629. The first kappa shape index (κ1) is 7.71. The van der Waals surface area contributed by atoms with Crippen molar-refractivity contribution in [3.05, 3.63) is 6.33 Å². The molecule has 0 atom stereocenters. The Kier molecular flexibility index (Phi) is 2.59. The Balaban J connectivity index is 2.63. The monoisotopic (exact) mass is 154 g/mol. The van der Waals surface area contributed by atoms with Crippen molar-refractivity contribution in [2.75, 3.05) is 11.4 Å². The van der Waals surface area contributed by atoms with Crippen LogP contribution in [0.4, 0.5) is 5.95 Å². The lowest BCUT2D eigenvalue weighted by Gasteiger charge is -2.10. The van der Waals surface area contributed by atoms with E-state index >= 15 is 0 Å². The molecular weight excluding hydrogens is 144 g/mol. The number of nitrogens with zero attached hydrogens (tertiary/aromatic N) is 3. The molecule has 0 unspecified atom stereocenters. The number of anilines is 1. The molecule has 0 radical (unpaired) electrons. The summed E-state index contributed by atoms with van der Waals surface area (Å²) in [6, 6.07) is 0. The first-order chi connectivity index (χ1) is 5.38. The first-order valence-corrected chi connectivity index (χ1v) is 3.45. The minimum absolute atomic E-state index is 0.502. The van der Waals surface area contributed by atoms with Gasteiger partial charge in [0.05, 0.1) is 0 Å². The molecule has 0 spiro atoms. The van der Waals surface area contributed by atoms with Crippen LogP contribution in [0.2, 0.25) is 0 Å². The molecule has 11 heavy (non-hydrogen) atoms. The smallest absolute Gasteiger partial charge is 0.227 e. The molecular formula is C6H10N4O. The summed E-state index contributed by atoms with van der Waals surface area (Å²) >= 11 is 0. The zero-order valence-electron chi connectivity index (χ0n) is 6.32. The van der Waals surface area contributed by atoms with E-state index in [0.717, 1.165) is 12.8 Å². The van der Waals surface area contributed by atoms with Gasteiger partial charge in [0.2, 0.25) is 12.4 Å². The minimum Gasteiger partial charge on any atom is -0.284 e. The second-order valence-electron chi connectivity index (χ2n) is 2.11. The lowest BCUT2D eigenvalue weighted by Crippen LogP contribution is -2.22. The highest BCUT2D eigenvalue weighted by molar-refractivity contribution is 5.70. The van der Waals surface area contributed by atoms with Gasteiger partial charge >= 0.3 is 0 Å². The maximum absolute atomic E-state index is 10.4. The summed E-state index contributed by atoms with van der Waals surface area (Å²) in [5, 5.41) is 6.24. The summed E-state index contributed by atoms with van der Waals surface area (Å²) in [6.45, 7) is 2.66. The molecule has 0 fully saturated rings. The molecule has 0 aliphatic carbocycles. The fourth-order valence-electron chi connectivity index (χ4n) is 0.787. The maximum atomic E-state index is 10.4. The molecule has 1 rings (SSSR count). The third kappa shape index (κ3) is 1.76. The third-order valence-corrected chi connectivity index (χ3v) is 1.27. The van der Waals surface area contributed by atoms with Crippen LogP contribution in [-0.4, -0.2) is 28.1 Å². The molecule has 60 valence electrons. The van der Waals surface area contributed by atoms with Crippen molar-refractivity contribution >= 4 is 12.4 Å². The van der Waals surface area contributed by atoms with E-state index in [2.05, 4.69) is 15.2 Å². The Morgan fingerprint density at radius 2 is 2.64 bits per heavy atom. The SMILES string of the molecule is CCCN(C=O)c1ncn[nH]1. The topological polar surface area (TPSA) is 61.9 Å². The zero-order valence-corrected chi connectivity index (χ0v) is 6.32. The van der Waals surface area contributed by atoms with Gasteiger partial charge < -0.3 is 0 Å². The van der Waals surface area contributed by atoms with E-state index in [-0.39, 0.29) is 0 Å². The fourth-order valence-corrected chi connectivity index (χ4v) is 0.787. The second-order valence-corrected chi connectivity index (χ2v) is 2.11. The van der Waals surface area contributed by atoms with E-state index in [1.807, 2.05) is 6.92 Å². The van der Waals surface area contributed by atoms with Gasteiger partial charge in [0, 0.05) is 6.54 Å². The lowest BCUT2D eigenvalue weighted by atomic mass is 10.4. The number of carbonyl (C=O) groups excluding carboxylic acids is 1. The van der Waals surface area contributed by atoms with E-state index in [4.69, 9.17) is 0 Å². The highest BCUT2D eigenvalue weighted by atomic mass is 16.1. The molecule has 1 amide bonds. The predicted octanol–water partition coefficient (Wildman–Crippen LogP) is 0.177. The number of hydrogen-bond acceptors (Lipinski definition) is 3. The minimum atomic E-state index is 0.502. The molecule has 1 heterocycles. The summed E-state index contributed by atoms with van der Waals surface area (Å²) in [5.74, 6) is 0.502. The van der Waals surface area contributed by atoms with Crippen LogP contribution in [0.25, 0.3) is 0 Å². The molecule has 0 saturated heterocycles. The van der Waals surface area contributed by atoms with Crippen LogP contribution in [0.1, 0.15) is 13.3 Å². The number of carbonyl (C=O) groups is 1. The number of hydrogen-bond donors (Lipinski definition) is 1. The van der Waals surface area contributed by atoms with Gasteiger partial charge in [-0.3, -0.25) is 9.69 Å². The van der Waals surface area contributed by atoms with Crippen molar-refractivity contribution in [1.82, 2.24) is 15.2 Å². The van der Waals surface area contributed by atoms with Gasteiger partial charge in [-0.2, -0.15) is 10.1 Å². The summed E-state index contributed by atoms with van der Waals surface area (Å²) in [5.41, 5.74) is 0. The number of nitrogens with one attached hydrogen (secondary N) is 1. The predicted molar refractivity (Wildman–Crippen MR) is 40.1 cm³/mol. The Morgan fingerprint density at radius 3 is 3.09 bits per heavy atom. The highest BCUT2D eigenvalue weighted by Gasteiger charge is 2.04. The number of amides is 1. The Labute approximate surface area is 64.4 Å². The second kappa shape index (κ2) is 3.70. The summed E-state index contributed by atoms with van der Waals surface area (Å²) in [4.78, 5) is 15.7. The van der Waals surface area contributed by atoms with Gasteiger partial charge in [0.25, 0.3) is 0 Å². The molecule has 0 aromatic carbocycles. The van der Waals surface area contributed by atoms with E-state index in [1.165, 1.54) is 11.2 Å². The van der Waals surface area contributed by atoms with Crippen LogP contribution in [0, 0.1) is 0 Å². The average Bonchev–Trinajstić information content (AvgIpc) is 2.52. The van der Waals surface area contributed by atoms with Crippen LogP contribution in [-0.2, 0) is 4.79 Å². The van der Waals surface area contributed by atoms with Crippen molar-refractivity contribution in [3.63, 3.8) is 0 Å². The van der Waals surface area contributed by atoms with Crippen LogP contribution in [0.5, 0.6) is 0 Å². The molecule has 5 heteroatoms. The summed E-state index contributed by atoms with van der Waals surface area (Å²) in [6.07, 6.45) is 3.02. The maximum Gasteiger partial charge on any atom is 0.227 e. The van der Waals surface area contributed by atoms with Gasteiger partial charge in [-0.1, -0.05) is 6.92 Å². The average molecular weight is 154 g/mol. The van der Waals surface area contributed by atoms with Gasteiger partial charge in [-0.15, -0.1) is 0 Å². The van der Waals surface area contributed by atoms with Crippen molar-refractivity contribution < 1.29 is 4.79 Å². The highest BCUT2D eigenvalue weighted by Crippen LogP contribution is 2.00. The van der Waals surface area contributed by atoms with E-state index in [0.29, 0.717) is 12.5 Å². The zero-order chi connectivity index (χ0) is 8.10. The standard InChI is InChI=1S/C6H10N4O/c1-2-3-10(5-11)6-7-4-8-9-6/h4-5H,2-3H2,1H3,(H,7,8,9). The molecule has 1 N–H and O–H groups in total. The van der Waals surface area contributed by atoms with Crippen molar-refractivity contribution in [3.8, 4) is 0 Å². The normalized spacial score (nSPS) is 9.55. The fraction of sp³-hybridized carbons (Fsp3) is 0.500. The number of aromatic amines is 1. The third-order valence-electron chi connectivity index (χ3n) is 1.27. The van der Waals surface area contributed by atoms with Crippen LogP contribution in [0.15, 0.2) is 6.33 Å². The summed E-state index contributed by atoms with van der Waals surface area (Å²) in [7, 11) is 0. The Hall–Kier alpha value is -1.39. The Morgan fingerprint density at radius 1 is 1.82 bits per heavy atom. The van der Waals surface area contributed by atoms with Crippen LogP contribution < -0.4 is 4.90 Å². The molecule has 0 aliphatic heterocycles. The van der Waals surface area contributed by atoms with Crippen molar-refractivity contribution in [1.29, 1.82) is 0 Å². The number of aromatic nitrogens is 3. The lowest BCUT2D eigenvalue weighted by molar-refractivity contribution is -0.107. The molecule has 0 saturated carbocycles. The van der Waals surface area contributed by atoms with Crippen molar-refractivity contribution in [2.24, 2.45) is 0 Å². The Bertz CT molecular complexity index is 208. The van der Waals surface area contributed by atoms with Gasteiger partial charge in [-0.25, -0.2) is 5.10 Å². The number of H-pyrrole nitrogens is 1. The van der Waals surface area contributed by atoms with Gasteiger partial charge in [0.15, 0.2) is 0 Å². The molecule has 0 bridgehead atoms. The molecule has 1 aromatic heterocycles. The largest absolute Gasteiger partial charge is 0.284 e. The molecule has 5 nitrogen and oxygen atoms in total. The van der Waals surface area contributed by atoms with Gasteiger partial charge in [-0.05, 0) is 6.42 Å². The van der Waals surface area contributed by atoms with Crippen LogP contribution in [0.3, 0.4) is 0 Å². The van der Waals surface area contributed by atoms with E-state index < -0.39 is 0 Å². The van der Waals surface area contributed by atoms with Crippen LogP contribution >= 0.6 is 0 Å². The van der Waals surface area contributed by atoms with Crippen molar-refractivity contribution in [2.45, 2.75) is 13.3 Å². The molecule has 0 aliphatic rings. The first-order valence-electron chi connectivity index (χ1n) is 3.45. The molecule has 1 aromatic rings. The van der Waals surface area contributed by atoms with E-state index in [1.54, 1.807) is 0 Å². The van der Waals surface area contributed by atoms with Gasteiger partial charge in [0.1, 0.15) is 6.33 Å².